The molecule has 0 amide bonds. The predicted molar refractivity (Wildman–Crippen MR) is 146 cm³/mol. The van der Waals surface area contributed by atoms with Crippen LogP contribution in [0.4, 0.5) is 0 Å². The second-order valence-corrected chi connectivity index (χ2v) is 10.5. The maximum atomic E-state index is 13.8. The molecule has 3 aromatic rings. The Morgan fingerprint density at radius 3 is 2.07 bits per heavy atom. The zero-order valence-corrected chi connectivity index (χ0v) is 23.4. The molecule has 3 heterocycles. The van der Waals surface area contributed by atoms with Crippen molar-refractivity contribution in [2.24, 2.45) is 0 Å². The molecule has 17 heteroatoms. The first-order valence-corrected chi connectivity index (χ1v) is 13.5. The second kappa shape index (κ2) is 12.9. The van der Waals surface area contributed by atoms with E-state index in [0.717, 1.165) is 24.3 Å². The van der Waals surface area contributed by atoms with Gasteiger partial charge in [-0.3, -0.25) is 4.79 Å². The maximum absolute atomic E-state index is 13.8. The van der Waals surface area contributed by atoms with Crippen LogP contribution in [0, 0.1) is 0 Å². The number of hydrogen-bond acceptors (Lipinski definition) is 17. The molecule has 246 valence electrons. The van der Waals surface area contributed by atoms with Crippen molar-refractivity contribution in [3.05, 3.63) is 40.6 Å². The molecule has 10 atom stereocenters. The summed E-state index contributed by atoms with van der Waals surface area (Å²) < 4.78 is 33.2. The summed E-state index contributed by atoms with van der Waals surface area (Å²) in [7, 11) is 1.23. The van der Waals surface area contributed by atoms with Crippen LogP contribution in [0.3, 0.4) is 0 Å². The van der Waals surface area contributed by atoms with E-state index in [4.69, 9.17) is 28.1 Å². The molecule has 17 nitrogen and oxygen atoms in total. The van der Waals surface area contributed by atoms with E-state index < -0.39 is 97.3 Å². The lowest BCUT2D eigenvalue weighted by Crippen LogP contribution is -2.62. The number of ether oxygens (including phenoxy) is 5. The number of rotatable bonds is 8. The minimum absolute atomic E-state index is 0.00464. The van der Waals surface area contributed by atoms with Crippen LogP contribution in [-0.4, -0.2) is 133 Å². The van der Waals surface area contributed by atoms with Crippen molar-refractivity contribution in [1.82, 2.24) is 0 Å². The number of benzene rings is 2. The molecule has 2 aliphatic rings. The molecule has 0 aliphatic carbocycles. The number of methoxy groups -OCH3 is 1. The Balaban J connectivity index is 1.49. The topological polar surface area (TPSA) is 279 Å². The Bertz CT molecular complexity index is 1570. The van der Waals surface area contributed by atoms with Crippen LogP contribution in [0.1, 0.15) is 0 Å². The minimum Gasteiger partial charge on any atom is -0.508 e. The van der Waals surface area contributed by atoms with Crippen LogP contribution in [0.2, 0.25) is 0 Å². The van der Waals surface area contributed by atoms with Gasteiger partial charge in [0.25, 0.3) is 0 Å². The molecule has 10 N–H and O–H groups in total. The minimum atomic E-state index is -1.97. The van der Waals surface area contributed by atoms with Gasteiger partial charge in [-0.2, -0.15) is 0 Å². The molecule has 2 aromatic carbocycles. The molecular weight excluding hydrogens is 608 g/mol. The van der Waals surface area contributed by atoms with E-state index in [2.05, 4.69) is 0 Å². The molecular formula is C28H32O17. The molecule has 2 aliphatic heterocycles. The van der Waals surface area contributed by atoms with Crippen LogP contribution in [0.15, 0.2) is 39.5 Å². The lowest BCUT2D eigenvalue weighted by molar-refractivity contribution is -0.323. The molecule has 45 heavy (non-hydrogen) atoms. The highest BCUT2D eigenvalue weighted by Crippen LogP contribution is 2.39. The van der Waals surface area contributed by atoms with E-state index in [9.17, 15) is 55.9 Å². The lowest BCUT2D eigenvalue weighted by Gasteiger charge is -2.42. The standard InChI is InChI=1S/C28H32O17/c1-40-13-5-10(30)6-14-17(13)20(35)26(25(42-14)9-2-3-11(31)12(32)4-9)45-28-24(39)22(37)19(34)16(44-28)8-41-27-23(38)21(36)18(33)15(7-29)43-27/h2-6,15-16,18-19,21-24,27-34,36-39H,7-8H2,1H3. The average molecular weight is 641 g/mol. The van der Waals surface area contributed by atoms with Crippen LogP contribution >= 0.6 is 0 Å². The Hall–Kier alpha value is -3.75. The molecule has 0 bridgehead atoms. The highest BCUT2D eigenvalue weighted by Gasteiger charge is 2.48. The van der Waals surface area contributed by atoms with Gasteiger partial charge in [-0.05, 0) is 18.2 Å². The number of aliphatic hydroxyl groups is 7. The first-order valence-electron chi connectivity index (χ1n) is 13.5. The number of fused-ring (bicyclic) bond motifs is 1. The molecule has 1 aromatic heterocycles. The third kappa shape index (κ3) is 6.10. The normalized spacial score (nSPS) is 32.0. The maximum Gasteiger partial charge on any atom is 0.239 e. The molecule has 2 saturated heterocycles. The van der Waals surface area contributed by atoms with Gasteiger partial charge in [0, 0.05) is 17.7 Å². The quantitative estimate of drug-likeness (QED) is 0.115. The molecule has 5 rings (SSSR count). The van der Waals surface area contributed by atoms with Gasteiger partial charge in [0.1, 0.15) is 71.3 Å². The monoisotopic (exact) mass is 640 g/mol. The SMILES string of the molecule is COc1cc(O)cc2oc(-c3ccc(O)c(O)c3)c(OC3OC(COC4OC(CO)C(O)C(O)C4O)C(O)C(O)C3O)c(=O)c12. The number of hydrogen-bond donors (Lipinski definition) is 10. The predicted octanol–water partition coefficient (Wildman–Crippen LogP) is -2.41. The summed E-state index contributed by atoms with van der Waals surface area (Å²) in [5, 5.41) is 101. The van der Waals surface area contributed by atoms with Gasteiger partial charge in [0.2, 0.25) is 17.5 Å². The fraction of sp³-hybridized carbons (Fsp3) is 0.464. The first kappa shape index (κ1) is 32.6. The van der Waals surface area contributed by atoms with Gasteiger partial charge < -0.3 is 79.2 Å². The molecule has 0 saturated carbocycles. The third-order valence-corrected chi connectivity index (χ3v) is 7.54. The third-order valence-electron chi connectivity index (χ3n) is 7.54. The van der Waals surface area contributed by atoms with E-state index in [1.165, 1.54) is 13.2 Å². The van der Waals surface area contributed by atoms with E-state index in [1.807, 2.05) is 0 Å². The van der Waals surface area contributed by atoms with Crippen molar-refractivity contribution in [2.75, 3.05) is 20.3 Å². The molecule has 0 spiro atoms. The van der Waals surface area contributed by atoms with Crippen molar-refractivity contribution >= 4 is 11.0 Å². The van der Waals surface area contributed by atoms with Crippen molar-refractivity contribution in [3.8, 4) is 40.1 Å². The number of phenols is 3. The van der Waals surface area contributed by atoms with Crippen LogP contribution in [0.5, 0.6) is 28.7 Å². The summed E-state index contributed by atoms with van der Waals surface area (Å²) in [6.07, 6.45) is -17.2. The van der Waals surface area contributed by atoms with Gasteiger partial charge in [0.15, 0.2) is 23.5 Å². The van der Waals surface area contributed by atoms with Crippen molar-refractivity contribution in [1.29, 1.82) is 0 Å². The smallest absolute Gasteiger partial charge is 0.239 e. The van der Waals surface area contributed by atoms with Crippen molar-refractivity contribution in [2.45, 2.75) is 61.4 Å². The second-order valence-electron chi connectivity index (χ2n) is 10.5. The number of phenolic OH excluding ortho intramolecular Hbond substituents is 3. The van der Waals surface area contributed by atoms with Gasteiger partial charge in [0.05, 0.1) is 20.3 Å². The van der Waals surface area contributed by atoms with Gasteiger partial charge in [-0.1, -0.05) is 0 Å². The summed E-state index contributed by atoms with van der Waals surface area (Å²) in [6.45, 7) is -1.39. The van der Waals surface area contributed by atoms with E-state index in [-0.39, 0.29) is 33.8 Å². The summed E-state index contributed by atoms with van der Waals surface area (Å²) in [6, 6.07) is 5.65. The highest BCUT2D eigenvalue weighted by atomic mass is 16.7. The van der Waals surface area contributed by atoms with Crippen molar-refractivity contribution in [3.63, 3.8) is 0 Å². The first-order chi connectivity index (χ1) is 21.4. The zero-order chi connectivity index (χ0) is 32.7. The van der Waals surface area contributed by atoms with Crippen LogP contribution in [0.25, 0.3) is 22.3 Å². The highest BCUT2D eigenvalue weighted by molar-refractivity contribution is 5.88. The Labute approximate surface area is 252 Å². The van der Waals surface area contributed by atoms with E-state index in [1.54, 1.807) is 0 Å². The zero-order valence-electron chi connectivity index (χ0n) is 23.4. The fourth-order valence-corrected chi connectivity index (χ4v) is 5.04. The molecule has 10 unspecified atom stereocenters. The van der Waals surface area contributed by atoms with Gasteiger partial charge >= 0.3 is 0 Å². The summed E-state index contributed by atoms with van der Waals surface area (Å²) in [5.41, 5.74) is -1.07. The summed E-state index contributed by atoms with van der Waals surface area (Å²) in [4.78, 5) is 13.8. The number of aromatic hydroxyl groups is 3. The van der Waals surface area contributed by atoms with E-state index in [0.29, 0.717) is 0 Å². The number of aliphatic hydroxyl groups excluding tert-OH is 7. The van der Waals surface area contributed by atoms with Crippen molar-refractivity contribution < 1.29 is 79.2 Å². The summed E-state index contributed by atoms with van der Waals surface area (Å²) in [5.74, 6) is -2.50. The fourth-order valence-electron chi connectivity index (χ4n) is 5.04. The van der Waals surface area contributed by atoms with Gasteiger partial charge in [-0.25, -0.2) is 0 Å². The molecule has 0 radical (unpaired) electrons. The molecule has 2 fully saturated rings. The largest absolute Gasteiger partial charge is 0.508 e. The Kier molecular flexibility index (Phi) is 9.38. The van der Waals surface area contributed by atoms with Crippen LogP contribution in [-0.2, 0) is 14.2 Å². The van der Waals surface area contributed by atoms with Crippen LogP contribution < -0.4 is 14.9 Å². The Morgan fingerprint density at radius 2 is 1.42 bits per heavy atom. The van der Waals surface area contributed by atoms with Gasteiger partial charge in [-0.15, -0.1) is 0 Å². The average Bonchev–Trinajstić information content (AvgIpc) is 3.02. The lowest BCUT2D eigenvalue weighted by atomic mass is 9.98. The summed E-state index contributed by atoms with van der Waals surface area (Å²) >= 11 is 0. The Morgan fingerprint density at radius 1 is 0.778 bits per heavy atom. The van der Waals surface area contributed by atoms with E-state index >= 15 is 0 Å².